The molecule has 15 nitrogen and oxygen atoms in total. The van der Waals surface area contributed by atoms with Gasteiger partial charge in [-0.25, -0.2) is 13.7 Å². The summed E-state index contributed by atoms with van der Waals surface area (Å²) < 4.78 is 44.7. The quantitative estimate of drug-likeness (QED) is 0.0955. The Hall–Kier alpha value is 10.0. The molecule has 0 aromatic carbocycles. The molecule has 0 unspecified atom stereocenters. The van der Waals surface area contributed by atoms with Gasteiger partial charge in [-0.2, -0.15) is 0 Å². The Morgan fingerprint density at radius 2 is 0.633 bits per heavy atom. The molecule has 0 aromatic rings. The van der Waals surface area contributed by atoms with E-state index in [9.17, 15) is 29.0 Å². The van der Waals surface area contributed by atoms with E-state index in [1.165, 1.54) is 0 Å². The monoisotopic (exact) mass is 654 g/mol. The van der Waals surface area contributed by atoms with Crippen LogP contribution in [0.25, 0.3) is 0 Å². The Bertz CT molecular complexity index is 595. The molecular formula is C6H15K6O15P3. The van der Waals surface area contributed by atoms with E-state index in [0.29, 0.717) is 0 Å². The van der Waals surface area contributed by atoms with Crippen molar-refractivity contribution in [2.75, 3.05) is 0 Å². The third kappa shape index (κ3) is 21.7. The van der Waals surface area contributed by atoms with Crippen LogP contribution in [0.3, 0.4) is 0 Å². The molecule has 0 heterocycles. The molecule has 0 saturated heterocycles. The van der Waals surface area contributed by atoms with Crippen molar-refractivity contribution >= 4 is 332 Å². The van der Waals surface area contributed by atoms with Gasteiger partial charge >= 0.3 is 23.5 Å². The van der Waals surface area contributed by atoms with Crippen LogP contribution in [0.15, 0.2) is 0 Å². The summed E-state index contributed by atoms with van der Waals surface area (Å²) in [5.74, 6) is 0. The molecule has 0 bridgehead atoms. The zero-order valence-corrected chi connectivity index (χ0v) is 38.7. The predicted octanol–water partition coefficient (Wildman–Crippen LogP) is -5.77. The number of rotatable bonds is 6. The molecule has 150 valence electrons. The second-order valence-corrected chi connectivity index (χ2v) is 8.23. The topological polar surface area (TPSA) is 261 Å². The van der Waals surface area contributed by atoms with Gasteiger partial charge in [0.15, 0.2) is 0 Å². The molecule has 1 aliphatic rings. The minimum absolute atomic E-state index is 0. The van der Waals surface area contributed by atoms with Crippen LogP contribution < -0.4 is 0 Å². The van der Waals surface area contributed by atoms with Crippen LogP contribution in [0, 0.1) is 0 Å². The van der Waals surface area contributed by atoms with Crippen molar-refractivity contribution < 1.29 is 71.9 Å². The van der Waals surface area contributed by atoms with E-state index in [1.54, 1.807) is 0 Å². The molecule has 0 aromatic heterocycles. The van der Waals surface area contributed by atoms with Crippen LogP contribution in [-0.4, -0.2) is 390 Å². The molecule has 6 radical (unpaired) electrons. The molecule has 0 spiro atoms. The minimum atomic E-state index is -5.43. The van der Waals surface area contributed by atoms with E-state index in [-0.39, 0.29) is 308 Å². The Balaban J connectivity index is -0.000000240. The summed E-state index contributed by atoms with van der Waals surface area (Å²) in [7, 11) is -16.2. The maximum absolute atomic E-state index is 10.9. The average Bonchev–Trinajstić information content (AvgIpc) is 2.32. The van der Waals surface area contributed by atoms with Crippen LogP contribution in [-0.2, 0) is 27.3 Å². The number of hydrogen-bond donors (Lipinski definition) is 9. The van der Waals surface area contributed by atoms with E-state index >= 15 is 0 Å². The maximum Gasteiger partial charge on any atom is 0.470 e. The first-order valence-electron chi connectivity index (χ1n) is 5.78. The van der Waals surface area contributed by atoms with Gasteiger partial charge in [0.1, 0.15) is 36.6 Å². The van der Waals surface area contributed by atoms with E-state index in [4.69, 9.17) is 29.4 Å². The van der Waals surface area contributed by atoms with Gasteiger partial charge in [-0.15, -0.1) is 0 Å². The van der Waals surface area contributed by atoms with E-state index in [2.05, 4.69) is 13.6 Å². The van der Waals surface area contributed by atoms with E-state index < -0.39 is 60.1 Å². The first-order chi connectivity index (χ1) is 10.5. The van der Waals surface area contributed by atoms with Crippen LogP contribution in [0.1, 0.15) is 0 Å². The molecule has 1 saturated carbocycles. The van der Waals surface area contributed by atoms with Crippen molar-refractivity contribution in [3.05, 3.63) is 0 Å². The summed E-state index contributed by atoms with van der Waals surface area (Å²) >= 11 is 0. The summed E-state index contributed by atoms with van der Waals surface area (Å²) in [5.41, 5.74) is 0. The van der Waals surface area contributed by atoms with Crippen LogP contribution in [0.5, 0.6) is 0 Å². The summed E-state index contributed by atoms with van der Waals surface area (Å²) in [4.78, 5) is 52.4. The second-order valence-electron chi connectivity index (χ2n) is 4.65. The fraction of sp³-hybridized carbons (Fsp3) is 1.00. The number of aliphatic hydroxyl groups is 3. The van der Waals surface area contributed by atoms with Gasteiger partial charge in [0.2, 0.25) is 0 Å². The number of phosphoric acid groups is 3. The third-order valence-electron chi connectivity index (χ3n) is 2.80. The van der Waals surface area contributed by atoms with Gasteiger partial charge < -0.3 is 44.7 Å². The first kappa shape index (κ1) is 52.7. The van der Waals surface area contributed by atoms with Crippen LogP contribution in [0.4, 0.5) is 0 Å². The van der Waals surface area contributed by atoms with Gasteiger partial charge in [0.05, 0.1) is 0 Å². The summed E-state index contributed by atoms with van der Waals surface area (Å²) in [6, 6.07) is 0. The number of phosphoric ester groups is 3. The molecule has 1 aliphatic carbocycles. The molecule has 24 heteroatoms. The average molecular weight is 655 g/mol. The Labute approximate surface area is 426 Å². The molecule has 9 N–H and O–H groups in total. The van der Waals surface area contributed by atoms with Crippen molar-refractivity contribution in [1.29, 1.82) is 0 Å². The van der Waals surface area contributed by atoms with Crippen molar-refractivity contribution in [2.45, 2.75) is 36.6 Å². The van der Waals surface area contributed by atoms with Crippen molar-refractivity contribution in [3.8, 4) is 0 Å². The Morgan fingerprint density at radius 1 is 0.433 bits per heavy atom. The van der Waals surface area contributed by atoms with Gasteiger partial charge in [-0.1, -0.05) is 0 Å². The van der Waals surface area contributed by atoms with Crippen LogP contribution in [0.2, 0.25) is 0 Å². The zero-order valence-electron chi connectivity index (χ0n) is 17.3. The van der Waals surface area contributed by atoms with Crippen molar-refractivity contribution in [2.24, 2.45) is 0 Å². The fourth-order valence-electron chi connectivity index (χ4n) is 2.01. The van der Waals surface area contributed by atoms with Gasteiger partial charge in [0.25, 0.3) is 0 Å². The zero-order chi connectivity index (χ0) is 19.1. The SMILES string of the molecule is O=P(O)(O)O[C@@H]1[C@H](O)[C@H](O)[C@@H](OP(=O)(O)O)[C@H](OP(=O)(O)O)[C@H]1O.[K].[K].[K].[K].[K].[K]. The predicted molar refractivity (Wildman–Crippen MR) is 103 cm³/mol. The van der Waals surface area contributed by atoms with Crippen molar-refractivity contribution in [3.63, 3.8) is 0 Å². The molecule has 0 amide bonds. The van der Waals surface area contributed by atoms with E-state index in [1.807, 2.05) is 0 Å². The smallest absolute Gasteiger partial charge is 0.387 e. The van der Waals surface area contributed by atoms with Gasteiger partial charge in [-0.3, -0.25) is 13.6 Å². The van der Waals surface area contributed by atoms with Gasteiger partial charge in [-0.05, 0) is 0 Å². The molecule has 1 fully saturated rings. The molecular weight excluding hydrogens is 640 g/mol. The maximum atomic E-state index is 10.9. The van der Waals surface area contributed by atoms with E-state index in [0.717, 1.165) is 0 Å². The minimum Gasteiger partial charge on any atom is -0.387 e. The summed E-state index contributed by atoms with van der Waals surface area (Å²) in [6.45, 7) is 0. The normalized spacial score (nSPS) is 28.7. The third-order valence-corrected chi connectivity index (χ3v) is 4.35. The fourth-order valence-corrected chi connectivity index (χ4v) is 3.70. The molecule has 6 atom stereocenters. The largest absolute Gasteiger partial charge is 0.470 e. The number of hydrogen-bond acceptors (Lipinski definition) is 9. The first-order valence-corrected chi connectivity index (χ1v) is 10.4. The Kier molecular flexibility index (Phi) is 41.2. The number of aliphatic hydroxyl groups excluding tert-OH is 3. The standard InChI is InChI=1S/C6H15O15P3.6K/c7-1-2(8)5(20-23(13,14)15)6(21-24(16,17)18)3(9)4(1)19-22(10,11)12;;;;;;/h1-9H,(H2,10,11,12)(H2,13,14,15)(H2,16,17,18);;;;;;/t1-,2+,3+,4-,5-,6-;;;;;;/m1....../s1. The second kappa shape index (κ2) is 23.5. The van der Waals surface area contributed by atoms with Crippen molar-refractivity contribution in [1.82, 2.24) is 0 Å². The van der Waals surface area contributed by atoms with Crippen LogP contribution >= 0.6 is 23.5 Å². The molecule has 30 heavy (non-hydrogen) atoms. The van der Waals surface area contributed by atoms with Gasteiger partial charge in [0, 0.05) is 308 Å². The summed E-state index contributed by atoms with van der Waals surface area (Å²) in [6.07, 6.45) is -14.3. The molecule has 1 rings (SSSR count). The Morgan fingerprint density at radius 3 is 0.900 bits per heavy atom. The summed E-state index contributed by atoms with van der Waals surface area (Å²) in [5, 5.41) is 29.3. The molecule has 0 aliphatic heterocycles.